The molecule has 0 bridgehead atoms. The van der Waals surface area contributed by atoms with E-state index in [1.807, 2.05) is 48.8 Å². The average Bonchev–Trinajstić information content (AvgIpc) is 3.56. The van der Waals surface area contributed by atoms with E-state index < -0.39 is 0 Å². The fourth-order valence-electron chi connectivity index (χ4n) is 5.17. The first kappa shape index (κ1) is 21.5. The van der Waals surface area contributed by atoms with Crippen molar-refractivity contribution in [3.63, 3.8) is 0 Å². The molecule has 1 aliphatic heterocycles. The zero-order valence-electron chi connectivity index (χ0n) is 19.7. The maximum absolute atomic E-state index is 13.1. The second-order valence-corrected chi connectivity index (χ2v) is 9.10. The predicted molar refractivity (Wildman–Crippen MR) is 137 cm³/mol. The third-order valence-corrected chi connectivity index (χ3v) is 6.98. The number of fused-ring (bicyclic) bond motifs is 4. The van der Waals surface area contributed by atoms with E-state index in [0.29, 0.717) is 18.7 Å². The first-order chi connectivity index (χ1) is 17.2. The molecule has 1 fully saturated rings. The van der Waals surface area contributed by atoms with Crippen LogP contribution in [0.15, 0.2) is 61.1 Å². The van der Waals surface area contributed by atoms with Crippen LogP contribution in [0.25, 0.3) is 27.6 Å². The Balaban J connectivity index is 1.15. The Morgan fingerprint density at radius 3 is 3.06 bits per heavy atom. The largest absolute Gasteiger partial charge is 0.497 e. The number of pyridine rings is 1. The number of benzene rings is 1. The molecule has 8 nitrogen and oxygen atoms in total. The highest BCUT2D eigenvalue weighted by molar-refractivity contribution is 5.85. The van der Waals surface area contributed by atoms with Gasteiger partial charge in [-0.3, -0.25) is 4.79 Å². The zero-order chi connectivity index (χ0) is 23.8. The summed E-state index contributed by atoms with van der Waals surface area (Å²) in [6.07, 6.45) is 8.42. The minimum atomic E-state index is -0.0666. The van der Waals surface area contributed by atoms with Crippen molar-refractivity contribution in [1.82, 2.24) is 24.7 Å². The number of aromatic nitrogens is 4. The number of nitrogens with one attached hydrogen (secondary N) is 2. The molecule has 178 valence electrons. The number of hydrogen-bond donors (Lipinski definition) is 2. The number of ether oxygens (including phenoxy) is 1. The number of aromatic amines is 1. The smallest absolute Gasteiger partial charge is 0.224 e. The number of amides is 1. The maximum atomic E-state index is 13.1. The number of methoxy groups -OCH3 is 1. The predicted octanol–water partition coefficient (Wildman–Crippen LogP) is 3.95. The van der Waals surface area contributed by atoms with Crippen LogP contribution < -0.4 is 15.0 Å². The second-order valence-electron chi connectivity index (χ2n) is 9.10. The summed E-state index contributed by atoms with van der Waals surface area (Å²) in [6, 6.07) is 14.1. The van der Waals surface area contributed by atoms with E-state index in [9.17, 15) is 4.79 Å². The van der Waals surface area contributed by atoms with Crippen LogP contribution in [0.3, 0.4) is 0 Å². The van der Waals surface area contributed by atoms with Gasteiger partial charge in [-0.1, -0.05) is 0 Å². The summed E-state index contributed by atoms with van der Waals surface area (Å²) < 4.78 is 7.49. The SMILES string of the molecule is COc1ccc2[nH]cc(CCNC(=O)[C@@H]3CCCN(c4nc5ncccc5n5cccc45)C3)c2c1. The quantitative estimate of drug-likeness (QED) is 0.394. The number of hydrogen-bond acceptors (Lipinski definition) is 5. The lowest BCUT2D eigenvalue weighted by molar-refractivity contribution is -0.125. The lowest BCUT2D eigenvalue weighted by Crippen LogP contribution is -2.44. The van der Waals surface area contributed by atoms with E-state index in [-0.39, 0.29) is 11.8 Å². The molecular weight excluding hydrogens is 440 g/mol. The van der Waals surface area contributed by atoms with Crippen molar-refractivity contribution >= 4 is 39.3 Å². The van der Waals surface area contributed by atoms with Crippen molar-refractivity contribution in [2.45, 2.75) is 19.3 Å². The summed E-state index contributed by atoms with van der Waals surface area (Å²) in [5.41, 5.74) is 4.99. The van der Waals surface area contributed by atoms with Gasteiger partial charge in [-0.25, -0.2) is 9.97 Å². The summed E-state index contributed by atoms with van der Waals surface area (Å²) >= 11 is 0. The molecule has 1 aliphatic rings. The standard InChI is InChI=1S/C27H28N6O2/c1-35-20-8-9-22-21(15-20)18(16-30-22)10-12-29-27(34)19-5-3-13-32(17-19)26-24-7-4-14-33(24)23-6-2-11-28-25(23)31-26/h2,4,6-9,11,14-16,19,30H,3,5,10,12-13,17H2,1H3,(H,29,34)/t19-/m1/s1. The Kier molecular flexibility index (Phi) is 5.48. The average molecular weight is 469 g/mol. The third-order valence-electron chi connectivity index (χ3n) is 6.98. The normalized spacial score (nSPS) is 16.3. The fraction of sp³-hybridized carbons (Fsp3) is 0.296. The van der Waals surface area contributed by atoms with E-state index >= 15 is 0 Å². The van der Waals surface area contributed by atoms with Crippen molar-refractivity contribution in [2.24, 2.45) is 5.92 Å². The van der Waals surface area contributed by atoms with E-state index in [1.165, 1.54) is 5.56 Å². The van der Waals surface area contributed by atoms with Gasteiger partial charge in [-0.05, 0) is 67.3 Å². The van der Waals surface area contributed by atoms with Gasteiger partial charge in [0.05, 0.1) is 24.1 Å². The van der Waals surface area contributed by atoms with Gasteiger partial charge in [-0.2, -0.15) is 0 Å². The van der Waals surface area contributed by atoms with Crippen LogP contribution in [0.5, 0.6) is 5.75 Å². The summed E-state index contributed by atoms with van der Waals surface area (Å²) in [4.78, 5) is 28.0. The summed E-state index contributed by atoms with van der Waals surface area (Å²) in [7, 11) is 1.67. The molecular formula is C27H28N6O2. The first-order valence-electron chi connectivity index (χ1n) is 12.1. The van der Waals surface area contributed by atoms with Gasteiger partial charge in [-0.15, -0.1) is 0 Å². The van der Waals surface area contributed by atoms with Crippen molar-refractivity contribution < 1.29 is 9.53 Å². The Labute approximate surface area is 202 Å². The van der Waals surface area contributed by atoms with Gasteiger partial charge >= 0.3 is 0 Å². The van der Waals surface area contributed by atoms with Gasteiger partial charge in [0.2, 0.25) is 5.91 Å². The van der Waals surface area contributed by atoms with Gasteiger partial charge < -0.3 is 24.3 Å². The minimum Gasteiger partial charge on any atom is -0.497 e. The Morgan fingerprint density at radius 2 is 2.14 bits per heavy atom. The Hall–Kier alpha value is -4.07. The van der Waals surface area contributed by atoms with E-state index in [1.54, 1.807) is 13.3 Å². The maximum Gasteiger partial charge on any atom is 0.224 e. The molecule has 2 N–H and O–H groups in total. The third kappa shape index (κ3) is 3.95. The topological polar surface area (TPSA) is 87.5 Å². The molecule has 4 aromatic heterocycles. The number of nitrogens with zero attached hydrogens (tertiary/aromatic N) is 4. The molecule has 35 heavy (non-hydrogen) atoms. The molecule has 1 saturated heterocycles. The molecule has 0 spiro atoms. The Bertz CT molecular complexity index is 1520. The van der Waals surface area contributed by atoms with Crippen molar-refractivity contribution in [3.8, 4) is 5.75 Å². The summed E-state index contributed by atoms with van der Waals surface area (Å²) in [6.45, 7) is 2.13. The summed E-state index contributed by atoms with van der Waals surface area (Å²) in [5.74, 6) is 1.77. The number of rotatable bonds is 6. The van der Waals surface area contributed by atoms with Crippen LogP contribution in [0, 0.1) is 5.92 Å². The number of carbonyl (C=O) groups excluding carboxylic acids is 1. The molecule has 5 aromatic rings. The van der Waals surface area contributed by atoms with Crippen LogP contribution in [-0.2, 0) is 11.2 Å². The number of carbonyl (C=O) groups is 1. The minimum absolute atomic E-state index is 0.0666. The van der Waals surface area contributed by atoms with Gasteiger partial charge in [0.25, 0.3) is 0 Å². The highest BCUT2D eigenvalue weighted by atomic mass is 16.5. The van der Waals surface area contributed by atoms with Gasteiger partial charge in [0.15, 0.2) is 11.5 Å². The fourth-order valence-corrected chi connectivity index (χ4v) is 5.17. The molecule has 5 heterocycles. The van der Waals surface area contributed by atoms with Gasteiger partial charge in [0.1, 0.15) is 5.75 Å². The lowest BCUT2D eigenvalue weighted by atomic mass is 9.97. The van der Waals surface area contributed by atoms with Crippen LogP contribution in [0.4, 0.5) is 5.82 Å². The monoisotopic (exact) mass is 468 g/mol. The van der Waals surface area contributed by atoms with Crippen molar-refractivity contribution in [1.29, 1.82) is 0 Å². The number of anilines is 1. The first-order valence-corrected chi connectivity index (χ1v) is 12.1. The number of piperidine rings is 1. The molecule has 0 unspecified atom stereocenters. The van der Waals surface area contributed by atoms with Crippen LogP contribution in [0.2, 0.25) is 0 Å². The summed E-state index contributed by atoms with van der Waals surface area (Å²) in [5, 5.41) is 4.30. The molecule has 0 aliphatic carbocycles. The van der Waals surface area contributed by atoms with Crippen LogP contribution >= 0.6 is 0 Å². The van der Waals surface area contributed by atoms with E-state index in [0.717, 1.165) is 59.3 Å². The molecule has 1 atom stereocenters. The molecule has 0 saturated carbocycles. The van der Waals surface area contributed by atoms with E-state index in [2.05, 4.69) is 30.7 Å². The Morgan fingerprint density at radius 1 is 1.23 bits per heavy atom. The van der Waals surface area contributed by atoms with Crippen molar-refractivity contribution in [2.75, 3.05) is 31.6 Å². The highest BCUT2D eigenvalue weighted by Crippen LogP contribution is 2.29. The molecule has 1 amide bonds. The lowest BCUT2D eigenvalue weighted by Gasteiger charge is -2.33. The molecule has 0 radical (unpaired) electrons. The highest BCUT2D eigenvalue weighted by Gasteiger charge is 2.28. The molecule has 6 rings (SSSR count). The van der Waals surface area contributed by atoms with Crippen LogP contribution in [-0.4, -0.2) is 52.0 Å². The number of H-pyrrole nitrogens is 1. The van der Waals surface area contributed by atoms with Crippen LogP contribution in [0.1, 0.15) is 18.4 Å². The molecule has 8 heteroatoms. The zero-order valence-corrected chi connectivity index (χ0v) is 19.7. The van der Waals surface area contributed by atoms with Crippen molar-refractivity contribution in [3.05, 3.63) is 66.6 Å². The second kappa shape index (κ2) is 8.94. The molecule has 1 aromatic carbocycles. The van der Waals surface area contributed by atoms with Gasteiger partial charge in [0, 0.05) is 49.1 Å². The van der Waals surface area contributed by atoms with E-state index in [4.69, 9.17) is 9.72 Å².